The van der Waals surface area contributed by atoms with Crippen LogP contribution < -0.4 is 0 Å². The average molecular weight is 218 g/mol. The van der Waals surface area contributed by atoms with Crippen LogP contribution in [0.3, 0.4) is 0 Å². The molecule has 13 heavy (non-hydrogen) atoms. The summed E-state index contributed by atoms with van der Waals surface area (Å²) in [5, 5.41) is 7.70. The van der Waals surface area contributed by atoms with E-state index in [1.54, 1.807) is 24.3 Å². The van der Waals surface area contributed by atoms with Crippen molar-refractivity contribution in [3.05, 3.63) is 29.3 Å². The van der Waals surface area contributed by atoms with Crippen molar-refractivity contribution in [1.82, 2.24) is 0 Å². The van der Waals surface area contributed by atoms with Crippen LogP contribution in [-0.4, -0.2) is 14.6 Å². The van der Waals surface area contributed by atoms with Crippen molar-refractivity contribution >= 4 is 28.4 Å². The fourth-order valence-corrected chi connectivity index (χ4v) is 0.943. The Morgan fingerprint density at radius 2 is 2.00 bits per heavy atom. The maximum absolute atomic E-state index is 10.1. The second kappa shape index (κ2) is 5.06. The zero-order valence-corrected chi connectivity index (χ0v) is 8.09. The Morgan fingerprint density at radius 3 is 2.54 bits per heavy atom. The summed E-state index contributed by atoms with van der Waals surface area (Å²) in [5.74, 6) is -0.317. The summed E-state index contributed by atoms with van der Waals surface area (Å²) < 4.78 is 20.1. The molecule has 0 aliphatic rings. The van der Waals surface area contributed by atoms with Gasteiger partial charge in [-0.25, -0.2) is 0 Å². The molecule has 0 spiro atoms. The number of hydrogen-bond donors (Lipinski definition) is 0. The van der Waals surface area contributed by atoms with E-state index in [4.69, 9.17) is 11.6 Å². The molecule has 0 saturated heterocycles. The third kappa shape index (κ3) is 4.12. The molecule has 70 valence electrons. The molecule has 1 unspecified atom stereocenters. The van der Waals surface area contributed by atoms with E-state index < -0.39 is 11.1 Å². The molecule has 0 amide bonds. The van der Waals surface area contributed by atoms with Crippen molar-refractivity contribution in [3.8, 4) is 0 Å². The van der Waals surface area contributed by atoms with Crippen molar-refractivity contribution in [3.63, 3.8) is 0 Å². The summed E-state index contributed by atoms with van der Waals surface area (Å²) in [5.41, 5.74) is 0.579. The van der Waals surface area contributed by atoms with E-state index in [0.29, 0.717) is 10.7 Å². The summed E-state index contributed by atoms with van der Waals surface area (Å²) in [7, 11) is 0. The molecule has 0 radical (unpaired) electrons. The molecule has 1 rings (SSSR count). The molecule has 6 heteroatoms. The van der Waals surface area contributed by atoms with Crippen LogP contribution in [-0.2, 0) is 11.1 Å². The average Bonchev–Trinajstić information content (AvgIpc) is 2.08. The lowest BCUT2D eigenvalue weighted by molar-refractivity contribution is 0.536. The van der Waals surface area contributed by atoms with Gasteiger partial charge in [-0.2, -0.15) is 10.2 Å². The van der Waals surface area contributed by atoms with Crippen LogP contribution in [0.25, 0.3) is 0 Å². The summed E-state index contributed by atoms with van der Waals surface area (Å²) in [4.78, 5) is 0. The third-order valence-electron chi connectivity index (χ3n) is 1.18. The molecule has 0 heterocycles. The summed E-state index contributed by atoms with van der Waals surface area (Å²) >= 11 is 3.45. The molecule has 0 N–H and O–H groups in total. The first-order valence-electron chi connectivity index (χ1n) is 3.37. The number of rotatable bonds is 3. The van der Waals surface area contributed by atoms with Gasteiger partial charge in [0.1, 0.15) is 5.88 Å². The number of benzene rings is 1. The van der Waals surface area contributed by atoms with Gasteiger partial charge in [0.25, 0.3) is 0 Å². The highest BCUT2D eigenvalue weighted by Crippen LogP contribution is 2.16. The van der Waals surface area contributed by atoms with E-state index in [-0.39, 0.29) is 5.88 Å². The molecule has 1 aromatic rings. The van der Waals surface area contributed by atoms with Gasteiger partial charge in [-0.3, -0.25) is 4.21 Å². The fourth-order valence-electron chi connectivity index (χ4n) is 0.665. The van der Waals surface area contributed by atoms with Gasteiger partial charge in [0.15, 0.2) is 0 Å². The Bertz CT molecular complexity index is 326. The van der Waals surface area contributed by atoms with Gasteiger partial charge in [0.2, 0.25) is 0 Å². The zero-order valence-electron chi connectivity index (χ0n) is 6.51. The topological polar surface area (TPSA) is 64.8 Å². The number of halogens is 1. The van der Waals surface area contributed by atoms with E-state index in [9.17, 15) is 8.76 Å². The molecule has 1 aromatic carbocycles. The van der Waals surface area contributed by atoms with E-state index in [1.807, 2.05) is 0 Å². The third-order valence-corrected chi connectivity index (χ3v) is 1.75. The minimum Gasteiger partial charge on any atom is -0.771 e. The van der Waals surface area contributed by atoms with Crippen LogP contribution in [0, 0.1) is 0 Å². The monoisotopic (exact) mass is 217 g/mol. The van der Waals surface area contributed by atoms with Gasteiger partial charge in [-0.1, -0.05) is 11.6 Å². The van der Waals surface area contributed by atoms with Gasteiger partial charge in [0.05, 0.1) is 5.69 Å². The van der Waals surface area contributed by atoms with Crippen LogP contribution in [0.5, 0.6) is 0 Å². The molecule has 0 fully saturated rings. The smallest absolute Gasteiger partial charge is 0.122 e. The molecule has 0 aromatic heterocycles. The summed E-state index contributed by atoms with van der Waals surface area (Å²) in [6, 6.07) is 6.62. The van der Waals surface area contributed by atoms with Crippen molar-refractivity contribution in [1.29, 1.82) is 0 Å². The minimum absolute atomic E-state index is 0.317. The predicted octanol–water partition coefficient (Wildman–Crippen LogP) is 2.26. The molecule has 0 saturated carbocycles. The Hall–Kier alpha value is -0.780. The Labute approximate surface area is 82.9 Å². The van der Waals surface area contributed by atoms with E-state index in [1.165, 1.54) is 0 Å². The standard InChI is InChI=1S/C7H7ClN2O2S/c8-6-1-3-7(4-2-6)10-9-5-13(11)12/h1-4H,5H2,(H,11,12)/p-1. The van der Waals surface area contributed by atoms with Gasteiger partial charge in [-0.15, -0.1) is 0 Å². The van der Waals surface area contributed by atoms with Gasteiger partial charge in [0, 0.05) is 5.02 Å². The van der Waals surface area contributed by atoms with E-state index in [2.05, 4.69) is 10.2 Å². The Balaban J connectivity index is 2.59. The van der Waals surface area contributed by atoms with Crippen molar-refractivity contribution in [2.24, 2.45) is 10.2 Å². The first kappa shape index (κ1) is 10.3. The van der Waals surface area contributed by atoms with Crippen LogP contribution in [0.15, 0.2) is 34.5 Å². The van der Waals surface area contributed by atoms with Gasteiger partial charge >= 0.3 is 0 Å². The predicted molar refractivity (Wildman–Crippen MR) is 49.8 cm³/mol. The van der Waals surface area contributed by atoms with Crippen molar-refractivity contribution < 1.29 is 8.76 Å². The highest BCUT2D eigenvalue weighted by atomic mass is 35.5. The maximum Gasteiger partial charge on any atom is 0.122 e. The number of nitrogens with zero attached hydrogens (tertiary/aromatic N) is 2. The molecule has 0 aliphatic heterocycles. The molecular formula is C7H6ClN2O2S-. The first-order valence-corrected chi connectivity index (χ1v) is 4.99. The Morgan fingerprint density at radius 1 is 1.38 bits per heavy atom. The van der Waals surface area contributed by atoms with Crippen LogP contribution in [0.1, 0.15) is 0 Å². The van der Waals surface area contributed by atoms with Crippen molar-refractivity contribution in [2.75, 3.05) is 5.88 Å². The summed E-state index contributed by atoms with van der Waals surface area (Å²) in [6.07, 6.45) is 0. The summed E-state index contributed by atoms with van der Waals surface area (Å²) in [6.45, 7) is 0. The van der Waals surface area contributed by atoms with Gasteiger partial charge in [-0.05, 0) is 35.3 Å². The van der Waals surface area contributed by atoms with Gasteiger partial charge < -0.3 is 4.55 Å². The lowest BCUT2D eigenvalue weighted by Gasteiger charge is -1.97. The highest BCUT2D eigenvalue weighted by Gasteiger charge is 1.88. The largest absolute Gasteiger partial charge is 0.771 e. The van der Waals surface area contributed by atoms with Crippen LogP contribution >= 0.6 is 11.6 Å². The number of azo groups is 1. The van der Waals surface area contributed by atoms with E-state index >= 15 is 0 Å². The van der Waals surface area contributed by atoms with Crippen molar-refractivity contribution in [2.45, 2.75) is 0 Å². The van der Waals surface area contributed by atoms with Crippen LogP contribution in [0.4, 0.5) is 5.69 Å². The second-order valence-electron chi connectivity index (χ2n) is 2.15. The first-order chi connectivity index (χ1) is 6.18. The highest BCUT2D eigenvalue weighted by molar-refractivity contribution is 7.79. The molecule has 0 aliphatic carbocycles. The number of hydrogen-bond acceptors (Lipinski definition) is 4. The van der Waals surface area contributed by atoms with Crippen LogP contribution in [0.2, 0.25) is 5.02 Å². The Kier molecular flexibility index (Phi) is 4.01. The molecule has 4 nitrogen and oxygen atoms in total. The molecule has 1 atom stereocenters. The quantitative estimate of drug-likeness (QED) is 0.576. The normalized spacial score (nSPS) is 13.4. The lowest BCUT2D eigenvalue weighted by Crippen LogP contribution is -1.88. The maximum atomic E-state index is 10.1. The van der Waals surface area contributed by atoms with E-state index in [0.717, 1.165) is 0 Å². The zero-order chi connectivity index (χ0) is 9.68. The molecular weight excluding hydrogens is 212 g/mol. The lowest BCUT2D eigenvalue weighted by atomic mass is 10.3. The fraction of sp³-hybridized carbons (Fsp3) is 0.143. The SMILES string of the molecule is O=S([O-])CN=Nc1ccc(Cl)cc1. The second-order valence-corrected chi connectivity index (χ2v) is 3.45. The minimum atomic E-state index is -2.18. The molecule has 0 bridgehead atoms.